The van der Waals surface area contributed by atoms with Crippen molar-refractivity contribution in [2.24, 2.45) is 0 Å². The molecule has 1 N–H and O–H groups in total. The second-order valence-corrected chi connectivity index (χ2v) is 8.37. The molecule has 0 aromatic carbocycles. The Morgan fingerprint density at radius 2 is 2.09 bits per heavy atom. The second-order valence-electron chi connectivity index (χ2n) is 5.88. The van der Waals surface area contributed by atoms with Crippen molar-refractivity contribution in [2.45, 2.75) is 25.3 Å². The Morgan fingerprint density at radius 1 is 1.36 bits per heavy atom. The highest BCUT2D eigenvalue weighted by molar-refractivity contribution is 9.11. The Morgan fingerprint density at radius 3 is 2.73 bits per heavy atom. The van der Waals surface area contributed by atoms with Gasteiger partial charge in [0.25, 0.3) is 0 Å². The van der Waals surface area contributed by atoms with E-state index in [0.717, 1.165) is 54.4 Å². The van der Waals surface area contributed by atoms with Gasteiger partial charge in [0.2, 0.25) is 5.91 Å². The fraction of sp³-hybridized carbons (Fsp3) is 0.667. The molecule has 4 nitrogen and oxygen atoms in total. The summed E-state index contributed by atoms with van der Waals surface area (Å²) in [7, 11) is 0. The molecule has 7 heteroatoms. The Balaban J connectivity index is 0.00000176. The number of carbonyl (C=O) groups excluding carboxylic acids is 1. The first-order valence-corrected chi connectivity index (χ1v) is 9.25. The lowest BCUT2D eigenvalue weighted by atomic mass is 10.1. The third-order valence-electron chi connectivity index (χ3n) is 4.53. The summed E-state index contributed by atoms with van der Waals surface area (Å²) in [6.45, 7) is 8.20. The number of halogens is 2. The molecule has 0 radical (unpaired) electrons. The standard InChI is InChI=1S/C15H22BrN3OS.ClH/c1-11(13-2-3-14(16)21-13)15(20)19-7-4-12(10-19)18-8-5-17-6-9-18;/h2-3,11-12,17H,4-10H2,1H3;1H. The van der Waals surface area contributed by atoms with Crippen molar-refractivity contribution in [1.29, 1.82) is 0 Å². The first kappa shape index (κ1) is 18.2. The van der Waals surface area contributed by atoms with Crippen LogP contribution in [0.1, 0.15) is 24.1 Å². The Labute approximate surface area is 150 Å². The number of rotatable bonds is 3. The number of nitrogens with zero attached hydrogens (tertiary/aromatic N) is 2. The predicted molar refractivity (Wildman–Crippen MR) is 97.1 cm³/mol. The predicted octanol–water partition coefficient (Wildman–Crippen LogP) is 2.54. The van der Waals surface area contributed by atoms with Crippen molar-refractivity contribution in [3.8, 4) is 0 Å². The van der Waals surface area contributed by atoms with E-state index in [-0.39, 0.29) is 24.2 Å². The molecule has 3 heterocycles. The van der Waals surface area contributed by atoms with Crippen molar-refractivity contribution in [3.05, 3.63) is 20.8 Å². The van der Waals surface area contributed by atoms with Crippen LogP contribution < -0.4 is 5.32 Å². The molecule has 2 atom stereocenters. The monoisotopic (exact) mass is 407 g/mol. The molecule has 1 aromatic heterocycles. The van der Waals surface area contributed by atoms with Crippen molar-refractivity contribution < 1.29 is 4.79 Å². The molecule has 0 bridgehead atoms. The van der Waals surface area contributed by atoms with Crippen molar-refractivity contribution in [2.75, 3.05) is 39.3 Å². The quantitative estimate of drug-likeness (QED) is 0.835. The number of likely N-dealkylation sites (tertiary alicyclic amines) is 1. The van der Waals surface area contributed by atoms with E-state index >= 15 is 0 Å². The van der Waals surface area contributed by atoms with Crippen molar-refractivity contribution in [3.63, 3.8) is 0 Å². The fourth-order valence-corrected chi connectivity index (χ4v) is 4.71. The van der Waals surface area contributed by atoms with E-state index < -0.39 is 0 Å². The van der Waals surface area contributed by atoms with E-state index in [2.05, 4.69) is 37.1 Å². The molecule has 2 aliphatic rings. The summed E-state index contributed by atoms with van der Waals surface area (Å²) in [4.78, 5) is 18.4. The van der Waals surface area contributed by atoms with Gasteiger partial charge in [0, 0.05) is 50.2 Å². The maximum absolute atomic E-state index is 12.7. The zero-order valence-electron chi connectivity index (χ0n) is 12.8. The highest BCUT2D eigenvalue weighted by Crippen LogP contribution is 2.30. The molecule has 2 fully saturated rings. The van der Waals surface area contributed by atoms with Crippen molar-refractivity contribution in [1.82, 2.24) is 15.1 Å². The molecule has 1 amide bonds. The summed E-state index contributed by atoms with van der Waals surface area (Å²) in [6, 6.07) is 4.64. The molecular formula is C15H23BrClN3OS. The third-order valence-corrected chi connectivity index (χ3v) is 6.34. The molecule has 2 unspecified atom stereocenters. The summed E-state index contributed by atoms with van der Waals surface area (Å²) in [5.74, 6) is 0.255. The van der Waals surface area contributed by atoms with E-state index in [1.807, 2.05) is 13.0 Å². The summed E-state index contributed by atoms with van der Waals surface area (Å²) < 4.78 is 1.09. The van der Waals surface area contributed by atoms with Gasteiger partial charge in [-0.15, -0.1) is 23.7 Å². The SMILES string of the molecule is CC(C(=O)N1CCC(N2CCNCC2)C1)c1ccc(Br)s1.Cl. The molecule has 0 spiro atoms. The van der Waals surface area contributed by atoms with Crippen LogP contribution >= 0.6 is 39.7 Å². The van der Waals surface area contributed by atoms with Crippen LogP contribution in [0.25, 0.3) is 0 Å². The van der Waals surface area contributed by atoms with E-state index in [4.69, 9.17) is 0 Å². The van der Waals surface area contributed by atoms with Gasteiger partial charge in [-0.2, -0.15) is 0 Å². The van der Waals surface area contributed by atoms with Crippen LogP contribution in [0, 0.1) is 0 Å². The van der Waals surface area contributed by atoms with E-state index in [1.54, 1.807) is 11.3 Å². The van der Waals surface area contributed by atoms with Gasteiger partial charge in [-0.1, -0.05) is 0 Å². The zero-order chi connectivity index (χ0) is 14.8. The maximum atomic E-state index is 12.7. The minimum atomic E-state index is -0.0249. The number of hydrogen-bond donors (Lipinski definition) is 1. The van der Waals surface area contributed by atoms with Crippen LogP contribution in [-0.2, 0) is 4.79 Å². The molecule has 0 aliphatic carbocycles. The minimum absolute atomic E-state index is 0. The number of piperazine rings is 1. The molecule has 0 saturated carbocycles. The lowest BCUT2D eigenvalue weighted by Gasteiger charge is -2.32. The normalized spacial score (nSPS) is 24.1. The second kappa shape index (κ2) is 8.11. The molecule has 2 aliphatic heterocycles. The van der Waals surface area contributed by atoms with Gasteiger partial charge in [-0.05, 0) is 41.4 Å². The molecule has 1 aromatic rings. The highest BCUT2D eigenvalue weighted by atomic mass is 79.9. The summed E-state index contributed by atoms with van der Waals surface area (Å²) >= 11 is 5.14. The van der Waals surface area contributed by atoms with Gasteiger partial charge < -0.3 is 10.2 Å². The van der Waals surface area contributed by atoms with E-state index in [1.165, 1.54) is 0 Å². The number of hydrogen-bond acceptors (Lipinski definition) is 4. The lowest BCUT2D eigenvalue weighted by molar-refractivity contribution is -0.131. The maximum Gasteiger partial charge on any atom is 0.230 e. The van der Waals surface area contributed by atoms with Crippen LogP contribution in [0.4, 0.5) is 0 Å². The lowest BCUT2D eigenvalue weighted by Crippen LogP contribution is -2.49. The number of carbonyl (C=O) groups is 1. The van der Waals surface area contributed by atoms with Gasteiger partial charge in [-0.3, -0.25) is 9.69 Å². The van der Waals surface area contributed by atoms with Crippen LogP contribution in [0.15, 0.2) is 15.9 Å². The van der Waals surface area contributed by atoms with Crippen LogP contribution in [0.5, 0.6) is 0 Å². The van der Waals surface area contributed by atoms with Gasteiger partial charge >= 0.3 is 0 Å². The number of thiophene rings is 1. The average molecular weight is 409 g/mol. The smallest absolute Gasteiger partial charge is 0.230 e. The molecule has 22 heavy (non-hydrogen) atoms. The first-order chi connectivity index (χ1) is 10.1. The Kier molecular flexibility index (Phi) is 6.71. The third kappa shape index (κ3) is 4.03. The minimum Gasteiger partial charge on any atom is -0.341 e. The fourth-order valence-electron chi connectivity index (χ4n) is 3.24. The molecular weight excluding hydrogens is 386 g/mol. The Hall–Kier alpha value is -0.140. The van der Waals surface area contributed by atoms with Gasteiger partial charge in [0.1, 0.15) is 0 Å². The Bertz CT molecular complexity index is 507. The van der Waals surface area contributed by atoms with Gasteiger partial charge in [0.05, 0.1) is 9.70 Å². The van der Waals surface area contributed by atoms with Crippen LogP contribution in [-0.4, -0.2) is 61.0 Å². The van der Waals surface area contributed by atoms with E-state index in [9.17, 15) is 4.79 Å². The molecule has 2 saturated heterocycles. The van der Waals surface area contributed by atoms with E-state index in [0.29, 0.717) is 6.04 Å². The molecule has 3 rings (SSSR count). The van der Waals surface area contributed by atoms with Gasteiger partial charge in [-0.25, -0.2) is 0 Å². The molecule has 124 valence electrons. The van der Waals surface area contributed by atoms with Crippen molar-refractivity contribution >= 4 is 45.6 Å². The summed E-state index contributed by atoms with van der Waals surface area (Å²) in [6.07, 6.45) is 1.12. The van der Waals surface area contributed by atoms with Gasteiger partial charge in [0.15, 0.2) is 0 Å². The van der Waals surface area contributed by atoms with Crippen LogP contribution in [0.2, 0.25) is 0 Å². The topological polar surface area (TPSA) is 35.6 Å². The summed E-state index contributed by atoms with van der Waals surface area (Å²) in [5, 5.41) is 3.39. The average Bonchev–Trinajstić information content (AvgIpc) is 3.16. The number of nitrogens with one attached hydrogen (secondary N) is 1. The largest absolute Gasteiger partial charge is 0.341 e. The highest BCUT2D eigenvalue weighted by Gasteiger charge is 2.33. The first-order valence-electron chi connectivity index (χ1n) is 7.64. The zero-order valence-corrected chi connectivity index (χ0v) is 16.0. The summed E-state index contributed by atoms with van der Waals surface area (Å²) in [5.41, 5.74) is 0. The van der Waals surface area contributed by atoms with Crippen LogP contribution in [0.3, 0.4) is 0 Å². The number of amides is 1.